The van der Waals surface area contributed by atoms with Gasteiger partial charge in [0.15, 0.2) is 12.2 Å². The number of nitrogens with zero attached hydrogens (tertiary/aromatic N) is 1. The van der Waals surface area contributed by atoms with Crippen molar-refractivity contribution >= 4 is 18.2 Å². The fourth-order valence-electron chi connectivity index (χ4n) is 0.774. The topological polar surface area (TPSA) is 30.8 Å². The van der Waals surface area contributed by atoms with Gasteiger partial charge in [0.1, 0.15) is 5.03 Å². The maximum Gasteiger partial charge on any atom is 0.174 e. The molecule has 4 heteroatoms. The van der Waals surface area contributed by atoms with E-state index in [9.17, 15) is 0 Å². The number of aliphatic imine (C=N–C) groups is 1. The van der Waals surface area contributed by atoms with Crippen molar-refractivity contribution in [2.45, 2.75) is 6.92 Å². The average molecular weight is 227 g/mol. The van der Waals surface area contributed by atoms with Crippen molar-refractivity contribution in [3.63, 3.8) is 0 Å². The molecule has 0 amide bonds. The Morgan fingerprint density at radius 3 is 2.67 bits per heavy atom. The van der Waals surface area contributed by atoms with Crippen LogP contribution in [0.15, 0.2) is 41.1 Å². The maximum absolute atomic E-state index is 5.38. The molecule has 0 N–H and O–H groups in total. The van der Waals surface area contributed by atoms with Gasteiger partial charge in [-0.3, -0.25) is 0 Å². The third-order valence-corrected chi connectivity index (χ3v) is 2.29. The van der Waals surface area contributed by atoms with Gasteiger partial charge >= 0.3 is 0 Å². The summed E-state index contributed by atoms with van der Waals surface area (Å²) in [5, 5.41) is 0.744. The smallest absolute Gasteiger partial charge is 0.174 e. The lowest BCUT2D eigenvalue weighted by Gasteiger charge is -2.07. The number of thioether (sulfide) groups is 1. The van der Waals surface area contributed by atoms with Crippen molar-refractivity contribution in [3.05, 3.63) is 36.1 Å². The molecule has 0 aromatic heterocycles. The van der Waals surface area contributed by atoms with Crippen molar-refractivity contribution in [3.8, 4) is 0 Å². The molecule has 0 aromatic rings. The van der Waals surface area contributed by atoms with Crippen LogP contribution in [0.25, 0.3) is 0 Å². The second-order valence-corrected chi connectivity index (χ2v) is 3.39. The van der Waals surface area contributed by atoms with Gasteiger partial charge in [0, 0.05) is 5.75 Å². The first kappa shape index (κ1) is 13.8. The van der Waals surface area contributed by atoms with E-state index in [-0.39, 0.29) is 0 Å². The highest BCUT2D eigenvalue weighted by molar-refractivity contribution is 8.03. The summed E-state index contributed by atoms with van der Waals surface area (Å²) in [6.45, 7) is 9.83. The Kier molecular flexibility index (Phi) is 8.67. The average Bonchev–Trinajstić information content (AvgIpc) is 2.27. The van der Waals surface area contributed by atoms with E-state index >= 15 is 0 Å². The molecule has 0 aliphatic heterocycles. The molecule has 3 nitrogen and oxygen atoms in total. The van der Waals surface area contributed by atoms with Crippen LogP contribution in [0, 0.1) is 0 Å². The second kappa shape index (κ2) is 9.40. The van der Waals surface area contributed by atoms with E-state index in [0.29, 0.717) is 12.4 Å². The lowest BCUT2D eigenvalue weighted by atomic mass is 10.5. The summed E-state index contributed by atoms with van der Waals surface area (Å²) in [5.74, 6) is 1.43. The molecule has 0 fully saturated rings. The van der Waals surface area contributed by atoms with E-state index in [1.165, 1.54) is 18.2 Å². The fraction of sp³-hybridized carbons (Fsp3) is 0.364. The second-order valence-electron chi connectivity index (χ2n) is 2.38. The van der Waals surface area contributed by atoms with Gasteiger partial charge in [0.05, 0.1) is 13.7 Å². The zero-order valence-electron chi connectivity index (χ0n) is 9.23. The highest BCUT2D eigenvalue weighted by atomic mass is 32.2. The van der Waals surface area contributed by atoms with Crippen LogP contribution in [0.3, 0.4) is 0 Å². The highest BCUT2D eigenvalue weighted by Gasteiger charge is 2.03. The summed E-state index contributed by atoms with van der Waals surface area (Å²) in [7, 11) is 1.55. The Hall–Kier alpha value is -1.16. The minimum absolute atomic E-state index is 0.585. The normalized spacial score (nSPS) is 12.1. The van der Waals surface area contributed by atoms with E-state index < -0.39 is 0 Å². The minimum Gasteiger partial charge on any atom is -0.491 e. The molecule has 15 heavy (non-hydrogen) atoms. The maximum atomic E-state index is 5.38. The zero-order valence-corrected chi connectivity index (χ0v) is 10.0. The summed E-state index contributed by atoms with van der Waals surface area (Å²) in [5.41, 5.74) is 0. The summed E-state index contributed by atoms with van der Waals surface area (Å²) >= 11 is 1.52. The van der Waals surface area contributed by atoms with Gasteiger partial charge in [-0.2, -0.15) is 0 Å². The molecule has 0 unspecified atom stereocenters. The van der Waals surface area contributed by atoms with Gasteiger partial charge in [0.25, 0.3) is 0 Å². The fourth-order valence-corrected chi connectivity index (χ4v) is 1.45. The molecule has 84 valence electrons. The monoisotopic (exact) mass is 227 g/mol. The van der Waals surface area contributed by atoms with Crippen LogP contribution in [0.5, 0.6) is 0 Å². The molecule has 0 spiro atoms. The molecule has 0 saturated carbocycles. The van der Waals surface area contributed by atoms with Gasteiger partial charge in [-0.1, -0.05) is 24.4 Å². The Morgan fingerprint density at radius 1 is 1.47 bits per heavy atom. The number of allylic oxidation sites excluding steroid dienone is 1. The van der Waals surface area contributed by atoms with Crippen LogP contribution in [-0.4, -0.2) is 25.9 Å². The van der Waals surface area contributed by atoms with Crippen molar-refractivity contribution in [2.75, 3.05) is 19.5 Å². The van der Waals surface area contributed by atoms with Crippen molar-refractivity contribution in [1.82, 2.24) is 0 Å². The summed E-state index contributed by atoms with van der Waals surface area (Å²) < 4.78 is 10.2. The molecule has 0 atom stereocenters. The van der Waals surface area contributed by atoms with Crippen molar-refractivity contribution in [2.24, 2.45) is 4.99 Å². The van der Waals surface area contributed by atoms with Crippen LogP contribution in [-0.2, 0) is 9.47 Å². The molecule has 0 aliphatic carbocycles. The number of rotatable bonds is 8. The van der Waals surface area contributed by atoms with Crippen LogP contribution < -0.4 is 0 Å². The number of hydrogen-bond donors (Lipinski definition) is 0. The van der Waals surface area contributed by atoms with Crippen molar-refractivity contribution in [1.29, 1.82) is 0 Å². The molecular formula is C11H17NO2S. The standard InChI is InChI=1S/C11H17NO2S/c1-5-8-15-11(12-9-13-4)10(6-2)14-7-3/h5-6,9H,1-2,7-8H2,3-4H3/b11-10-,12-9+. The Bertz CT molecular complexity index is 259. The van der Waals surface area contributed by atoms with Crippen LogP contribution >= 0.6 is 11.8 Å². The van der Waals surface area contributed by atoms with Crippen molar-refractivity contribution < 1.29 is 9.47 Å². The van der Waals surface area contributed by atoms with Gasteiger partial charge in [-0.25, -0.2) is 4.99 Å². The minimum atomic E-state index is 0.585. The summed E-state index contributed by atoms with van der Waals surface area (Å²) in [6.07, 6.45) is 4.81. The summed E-state index contributed by atoms with van der Waals surface area (Å²) in [6, 6.07) is 0. The molecule has 0 saturated heterocycles. The molecule has 0 rings (SSSR count). The molecule has 0 aromatic carbocycles. The van der Waals surface area contributed by atoms with E-state index in [4.69, 9.17) is 9.47 Å². The first-order chi connectivity index (χ1) is 7.29. The molecule has 0 aliphatic rings. The Labute approximate surface area is 95.6 Å². The predicted octanol–water partition coefficient (Wildman–Crippen LogP) is 2.97. The molecule has 0 bridgehead atoms. The highest BCUT2D eigenvalue weighted by Crippen LogP contribution is 2.22. The Morgan fingerprint density at radius 2 is 2.20 bits per heavy atom. The predicted molar refractivity (Wildman–Crippen MR) is 67.0 cm³/mol. The SMILES string of the molecule is C=CCSC(/N=C/OC)=C(/C=C)OCC. The molecule has 0 radical (unpaired) electrons. The molecular weight excluding hydrogens is 210 g/mol. The Balaban J connectivity index is 4.73. The third-order valence-electron chi connectivity index (χ3n) is 1.31. The zero-order chi connectivity index (χ0) is 11.5. The van der Waals surface area contributed by atoms with Gasteiger partial charge in [0.2, 0.25) is 0 Å². The van der Waals surface area contributed by atoms with E-state index in [1.807, 2.05) is 6.92 Å². The molecule has 0 heterocycles. The lowest BCUT2D eigenvalue weighted by molar-refractivity contribution is 0.241. The van der Waals surface area contributed by atoms with Gasteiger partial charge < -0.3 is 9.47 Å². The number of hydrogen-bond acceptors (Lipinski definition) is 4. The third kappa shape index (κ3) is 6.01. The number of methoxy groups -OCH3 is 1. The van der Waals surface area contributed by atoms with Gasteiger partial charge in [-0.15, -0.1) is 6.58 Å². The largest absolute Gasteiger partial charge is 0.491 e. The van der Waals surface area contributed by atoms with E-state index in [0.717, 1.165) is 10.8 Å². The van der Waals surface area contributed by atoms with Crippen LogP contribution in [0.2, 0.25) is 0 Å². The first-order valence-electron chi connectivity index (χ1n) is 4.58. The van der Waals surface area contributed by atoms with E-state index in [2.05, 4.69) is 18.2 Å². The quantitative estimate of drug-likeness (QED) is 0.210. The summed E-state index contributed by atoms with van der Waals surface area (Å²) in [4.78, 5) is 4.12. The lowest BCUT2D eigenvalue weighted by Crippen LogP contribution is -1.93. The number of ether oxygens (including phenoxy) is 2. The van der Waals surface area contributed by atoms with Gasteiger partial charge in [-0.05, 0) is 13.0 Å². The first-order valence-corrected chi connectivity index (χ1v) is 5.57. The van der Waals surface area contributed by atoms with Crippen LogP contribution in [0.4, 0.5) is 0 Å². The van der Waals surface area contributed by atoms with E-state index in [1.54, 1.807) is 19.3 Å². The van der Waals surface area contributed by atoms with Crippen LogP contribution in [0.1, 0.15) is 6.92 Å².